The largest absolute Gasteiger partial charge is 0.341 e. The van der Waals surface area contributed by atoms with E-state index in [0.29, 0.717) is 6.04 Å². The molecule has 4 nitrogen and oxygen atoms in total. The van der Waals surface area contributed by atoms with Crippen molar-refractivity contribution in [2.24, 2.45) is 0 Å². The number of nitrogens with one attached hydrogen (secondary N) is 2. The van der Waals surface area contributed by atoms with Gasteiger partial charge >= 0.3 is 0 Å². The van der Waals surface area contributed by atoms with Crippen LogP contribution in [0.1, 0.15) is 17.4 Å². The number of hydrogen-bond acceptors (Lipinski definition) is 3. The van der Waals surface area contributed by atoms with Gasteiger partial charge in [-0.1, -0.05) is 23.8 Å². The Labute approximate surface area is 113 Å². The lowest BCUT2D eigenvalue weighted by molar-refractivity contribution is 0.236. The van der Waals surface area contributed by atoms with E-state index < -0.39 is 0 Å². The van der Waals surface area contributed by atoms with Crippen LogP contribution in [0.15, 0.2) is 30.5 Å². The first kappa shape index (κ1) is 12.4. The number of nitrogens with zero attached hydrogens (tertiary/aromatic N) is 2. The predicted molar refractivity (Wildman–Crippen MR) is 77.0 cm³/mol. The van der Waals surface area contributed by atoms with Crippen molar-refractivity contribution in [2.45, 2.75) is 13.0 Å². The Balaban J connectivity index is 1.83. The van der Waals surface area contributed by atoms with Crippen LogP contribution >= 0.6 is 0 Å². The Hall–Kier alpha value is -1.65. The second kappa shape index (κ2) is 5.15. The second-order valence-corrected chi connectivity index (χ2v) is 5.32. The van der Waals surface area contributed by atoms with Gasteiger partial charge in [-0.15, -0.1) is 0 Å². The lowest BCUT2D eigenvalue weighted by atomic mass is 10.1. The molecular weight excluding hydrogens is 236 g/mol. The highest BCUT2D eigenvalue weighted by Crippen LogP contribution is 2.21. The van der Waals surface area contributed by atoms with E-state index in [-0.39, 0.29) is 0 Å². The van der Waals surface area contributed by atoms with Crippen molar-refractivity contribution >= 4 is 0 Å². The molecule has 2 N–H and O–H groups in total. The molecule has 1 aromatic carbocycles. The summed E-state index contributed by atoms with van der Waals surface area (Å²) in [5.74, 6) is 1.03. The summed E-state index contributed by atoms with van der Waals surface area (Å²) in [4.78, 5) is 10.3. The molecule has 1 saturated heterocycles. The van der Waals surface area contributed by atoms with Crippen LogP contribution in [0.2, 0.25) is 0 Å². The molecule has 1 unspecified atom stereocenters. The topological polar surface area (TPSA) is 44.0 Å². The quantitative estimate of drug-likeness (QED) is 0.863. The van der Waals surface area contributed by atoms with Crippen molar-refractivity contribution in [3.8, 4) is 11.3 Å². The SMILES string of the molecule is Cc1cccc(-c2cnc(C3CN(C)CCN3)[nH]2)c1. The molecule has 1 aliphatic rings. The summed E-state index contributed by atoms with van der Waals surface area (Å²) in [6.45, 7) is 5.22. The van der Waals surface area contributed by atoms with Gasteiger partial charge in [0.05, 0.1) is 17.9 Å². The van der Waals surface area contributed by atoms with Crippen LogP contribution in [0.3, 0.4) is 0 Å². The number of benzene rings is 1. The molecule has 0 bridgehead atoms. The third kappa shape index (κ3) is 2.69. The highest BCUT2D eigenvalue weighted by atomic mass is 15.2. The summed E-state index contributed by atoms with van der Waals surface area (Å²) in [5, 5.41) is 3.51. The standard InChI is InChI=1S/C15H20N4/c1-11-4-3-5-12(8-11)13-9-17-15(18-13)14-10-19(2)7-6-16-14/h3-5,8-9,14,16H,6-7,10H2,1-2H3,(H,17,18). The first-order valence-corrected chi connectivity index (χ1v) is 6.76. The average Bonchev–Trinajstić information content (AvgIpc) is 2.88. The van der Waals surface area contributed by atoms with Crippen molar-refractivity contribution < 1.29 is 0 Å². The normalized spacial score (nSPS) is 20.6. The van der Waals surface area contributed by atoms with Gasteiger partial charge in [0.1, 0.15) is 5.82 Å². The van der Waals surface area contributed by atoms with Crippen LogP contribution in [0, 0.1) is 6.92 Å². The monoisotopic (exact) mass is 256 g/mol. The molecule has 1 aliphatic heterocycles. The first-order valence-electron chi connectivity index (χ1n) is 6.76. The van der Waals surface area contributed by atoms with Gasteiger partial charge in [0, 0.05) is 19.6 Å². The number of aromatic amines is 1. The Bertz CT molecular complexity index is 561. The van der Waals surface area contributed by atoms with Crippen molar-refractivity contribution in [2.75, 3.05) is 26.7 Å². The van der Waals surface area contributed by atoms with E-state index in [1.54, 1.807) is 0 Å². The van der Waals surface area contributed by atoms with E-state index in [1.165, 1.54) is 11.1 Å². The van der Waals surface area contributed by atoms with E-state index in [0.717, 1.165) is 31.2 Å². The van der Waals surface area contributed by atoms with Gasteiger partial charge in [0.15, 0.2) is 0 Å². The third-order valence-corrected chi connectivity index (χ3v) is 3.63. The Morgan fingerprint density at radius 3 is 3.05 bits per heavy atom. The molecule has 1 atom stereocenters. The van der Waals surface area contributed by atoms with Gasteiger partial charge < -0.3 is 15.2 Å². The Morgan fingerprint density at radius 1 is 1.37 bits per heavy atom. The van der Waals surface area contributed by atoms with Gasteiger partial charge in [0.25, 0.3) is 0 Å². The molecule has 2 aromatic rings. The summed E-state index contributed by atoms with van der Waals surface area (Å²) in [6.07, 6.45) is 1.93. The van der Waals surface area contributed by atoms with E-state index >= 15 is 0 Å². The molecule has 0 radical (unpaired) electrons. The summed E-state index contributed by atoms with van der Waals surface area (Å²) in [6, 6.07) is 8.79. The van der Waals surface area contributed by atoms with Crippen molar-refractivity contribution in [3.05, 3.63) is 41.9 Å². The van der Waals surface area contributed by atoms with E-state index in [9.17, 15) is 0 Å². The van der Waals surface area contributed by atoms with E-state index in [2.05, 4.69) is 58.4 Å². The van der Waals surface area contributed by atoms with Crippen LogP contribution in [-0.2, 0) is 0 Å². The summed E-state index contributed by atoms with van der Waals surface area (Å²) < 4.78 is 0. The molecule has 0 spiro atoms. The van der Waals surface area contributed by atoms with Crippen molar-refractivity contribution in [1.29, 1.82) is 0 Å². The average molecular weight is 256 g/mol. The van der Waals surface area contributed by atoms with Crippen molar-refractivity contribution in [3.63, 3.8) is 0 Å². The highest BCUT2D eigenvalue weighted by molar-refractivity contribution is 5.59. The number of aromatic nitrogens is 2. The van der Waals surface area contributed by atoms with Crippen LogP contribution < -0.4 is 5.32 Å². The van der Waals surface area contributed by atoms with E-state index in [1.807, 2.05) is 6.20 Å². The molecule has 1 aromatic heterocycles. The Morgan fingerprint density at radius 2 is 2.26 bits per heavy atom. The van der Waals surface area contributed by atoms with Crippen LogP contribution in [-0.4, -0.2) is 41.5 Å². The lowest BCUT2D eigenvalue weighted by Crippen LogP contribution is -2.44. The van der Waals surface area contributed by atoms with Gasteiger partial charge in [0.2, 0.25) is 0 Å². The zero-order chi connectivity index (χ0) is 13.2. The summed E-state index contributed by atoms with van der Waals surface area (Å²) in [5.41, 5.74) is 3.56. The molecule has 100 valence electrons. The number of H-pyrrole nitrogens is 1. The highest BCUT2D eigenvalue weighted by Gasteiger charge is 2.20. The smallest absolute Gasteiger partial charge is 0.125 e. The summed E-state index contributed by atoms with van der Waals surface area (Å²) >= 11 is 0. The van der Waals surface area contributed by atoms with Crippen LogP contribution in [0.4, 0.5) is 0 Å². The van der Waals surface area contributed by atoms with Gasteiger partial charge in [-0.3, -0.25) is 0 Å². The predicted octanol–water partition coefficient (Wildman–Crippen LogP) is 1.96. The molecule has 0 aliphatic carbocycles. The number of rotatable bonds is 2. The molecule has 3 rings (SSSR count). The van der Waals surface area contributed by atoms with Crippen LogP contribution in [0.25, 0.3) is 11.3 Å². The summed E-state index contributed by atoms with van der Waals surface area (Å²) in [7, 11) is 2.15. The van der Waals surface area contributed by atoms with Gasteiger partial charge in [-0.05, 0) is 25.6 Å². The number of aryl methyl sites for hydroxylation is 1. The molecule has 0 saturated carbocycles. The second-order valence-electron chi connectivity index (χ2n) is 5.32. The minimum absolute atomic E-state index is 0.303. The minimum Gasteiger partial charge on any atom is -0.341 e. The first-order chi connectivity index (χ1) is 9.22. The lowest BCUT2D eigenvalue weighted by Gasteiger charge is -2.29. The zero-order valence-electron chi connectivity index (χ0n) is 11.5. The van der Waals surface area contributed by atoms with Crippen LogP contribution in [0.5, 0.6) is 0 Å². The maximum atomic E-state index is 4.54. The maximum absolute atomic E-state index is 4.54. The fourth-order valence-electron chi connectivity index (χ4n) is 2.55. The van der Waals surface area contributed by atoms with E-state index in [4.69, 9.17) is 0 Å². The number of imidazole rings is 1. The maximum Gasteiger partial charge on any atom is 0.125 e. The molecule has 0 amide bonds. The molecular formula is C15H20N4. The number of hydrogen-bond donors (Lipinski definition) is 2. The molecule has 4 heteroatoms. The fraction of sp³-hybridized carbons (Fsp3) is 0.400. The van der Waals surface area contributed by atoms with Crippen molar-refractivity contribution in [1.82, 2.24) is 20.2 Å². The minimum atomic E-state index is 0.303. The molecule has 2 heterocycles. The van der Waals surface area contributed by atoms with Gasteiger partial charge in [-0.2, -0.15) is 0 Å². The zero-order valence-corrected chi connectivity index (χ0v) is 11.5. The number of likely N-dealkylation sites (N-methyl/N-ethyl adjacent to an activating group) is 1. The van der Waals surface area contributed by atoms with Gasteiger partial charge in [-0.25, -0.2) is 4.98 Å². The molecule has 19 heavy (non-hydrogen) atoms. The molecule has 1 fully saturated rings. The third-order valence-electron chi connectivity index (χ3n) is 3.63. The number of piperazine rings is 1. The Kier molecular flexibility index (Phi) is 3.36. The fourth-order valence-corrected chi connectivity index (χ4v) is 2.55.